The van der Waals surface area contributed by atoms with Crippen LogP contribution in [0.5, 0.6) is 0 Å². The molecule has 1 rings (SSSR count). The minimum atomic E-state index is -1.34. The number of thioether (sulfide) groups is 1. The molecule has 0 aliphatic rings. The third kappa shape index (κ3) is 4.41. The van der Waals surface area contributed by atoms with E-state index in [1.54, 1.807) is 0 Å². The summed E-state index contributed by atoms with van der Waals surface area (Å²) in [6.45, 7) is 1.12. The largest absolute Gasteiger partial charge is 0.480 e. The molecule has 0 aromatic heterocycles. The molecule has 1 aromatic carbocycles. The fourth-order valence-corrected chi connectivity index (χ4v) is 2.68. The number of carbonyl (C=O) groups excluding carboxylic acids is 1. The van der Waals surface area contributed by atoms with Crippen LogP contribution in [0.25, 0.3) is 0 Å². The zero-order valence-electron chi connectivity index (χ0n) is 11.2. The van der Waals surface area contributed by atoms with Gasteiger partial charge in [0.25, 0.3) is 11.4 Å². The maximum absolute atomic E-state index is 11.0. The molecular weight excluding hydrogens is 318 g/mol. The molecule has 22 heavy (non-hydrogen) atoms. The zero-order valence-corrected chi connectivity index (χ0v) is 12.0. The molecule has 0 heterocycles. The van der Waals surface area contributed by atoms with Crippen molar-refractivity contribution in [3.8, 4) is 0 Å². The summed E-state index contributed by atoms with van der Waals surface area (Å²) in [5.74, 6) is -2.23. The van der Waals surface area contributed by atoms with E-state index in [1.807, 2.05) is 0 Å². The molecule has 0 fully saturated rings. The van der Waals surface area contributed by atoms with Gasteiger partial charge in [-0.1, -0.05) is 0 Å². The van der Waals surface area contributed by atoms with Gasteiger partial charge in [0.15, 0.2) is 4.90 Å². The monoisotopic (exact) mass is 329 g/mol. The summed E-state index contributed by atoms with van der Waals surface area (Å²) in [5.41, 5.74) is -0.989. The fourth-order valence-electron chi connectivity index (χ4n) is 1.54. The predicted molar refractivity (Wildman–Crippen MR) is 75.7 cm³/mol. The number of aliphatic carboxylic acids is 1. The first kappa shape index (κ1) is 17.4. The molecule has 0 saturated carbocycles. The second-order valence-electron chi connectivity index (χ2n) is 4.04. The summed E-state index contributed by atoms with van der Waals surface area (Å²) in [5, 5.41) is 33.0. The smallest absolute Gasteiger partial charge is 0.327 e. The maximum atomic E-state index is 11.0. The normalized spacial score (nSPS) is 11.5. The SMILES string of the molecule is CC(=O)N[C@@H](CSc1c([N+](=O)[O-])cccc1[N+](=O)[O-])C(=O)O. The highest BCUT2D eigenvalue weighted by molar-refractivity contribution is 7.99. The average molecular weight is 329 g/mol. The summed E-state index contributed by atoms with van der Waals surface area (Å²) in [6, 6.07) is 2.03. The second-order valence-corrected chi connectivity index (χ2v) is 5.07. The third-order valence-corrected chi connectivity index (χ3v) is 3.64. The Morgan fingerprint density at radius 3 is 2.14 bits per heavy atom. The van der Waals surface area contributed by atoms with Crippen molar-refractivity contribution in [2.45, 2.75) is 17.9 Å². The molecule has 10 nitrogen and oxygen atoms in total. The Kier molecular flexibility index (Phi) is 5.81. The van der Waals surface area contributed by atoms with Gasteiger partial charge in [0, 0.05) is 24.8 Å². The molecule has 0 radical (unpaired) electrons. The second kappa shape index (κ2) is 7.36. The lowest BCUT2D eigenvalue weighted by Gasteiger charge is -2.12. The molecule has 1 aromatic rings. The van der Waals surface area contributed by atoms with E-state index in [1.165, 1.54) is 6.07 Å². The van der Waals surface area contributed by atoms with E-state index in [9.17, 15) is 29.8 Å². The maximum Gasteiger partial charge on any atom is 0.327 e. The number of carbonyl (C=O) groups is 2. The van der Waals surface area contributed by atoms with E-state index < -0.39 is 39.1 Å². The predicted octanol–water partition coefficient (Wildman–Crippen LogP) is 1.18. The van der Waals surface area contributed by atoms with E-state index in [0.717, 1.165) is 19.1 Å². The lowest BCUT2D eigenvalue weighted by Crippen LogP contribution is -2.41. The van der Waals surface area contributed by atoms with Gasteiger partial charge < -0.3 is 10.4 Å². The Balaban J connectivity index is 3.09. The molecule has 0 spiro atoms. The molecule has 0 unspecified atom stereocenters. The van der Waals surface area contributed by atoms with Gasteiger partial charge in [-0.2, -0.15) is 0 Å². The van der Waals surface area contributed by atoms with Crippen LogP contribution in [0.3, 0.4) is 0 Å². The van der Waals surface area contributed by atoms with Gasteiger partial charge in [0.1, 0.15) is 6.04 Å². The summed E-state index contributed by atoms with van der Waals surface area (Å²) < 4.78 is 0. The van der Waals surface area contributed by atoms with E-state index >= 15 is 0 Å². The minimum absolute atomic E-state index is 0.255. The first-order chi connectivity index (χ1) is 10.2. The summed E-state index contributed by atoms with van der Waals surface area (Å²) in [6.07, 6.45) is 0. The Labute approximate surface area is 127 Å². The molecule has 1 atom stereocenters. The van der Waals surface area contributed by atoms with Gasteiger partial charge in [0.2, 0.25) is 5.91 Å². The summed E-state index contributed by atoms with van der Waals surface area (Å²) in [7, 11) is 0. The van der Waals surface area contributed by atoms with Crippen LogP contribution in [0, 0.1) is 20.2 Å². The standard InChI is InChI=1S/C11H11N3O7S/c1-6(15)12-7(11(16)17)5-22-10-8(13(18)19)3-2-4-9(10)14(20)21/h2-4,7H,5H2,1H3,(H,12,15)(H,16,17)/t7-/m0/s1. The molecule has 0 saturated heterocycles. The number of nitro benzene ring substituents is 2. The lowest BCUT2D eigenvalue weighted by molar-refractivity contribution is -0.399. The molecule has 0 aliphatic carbocycles. The van der Waals surface area contributed by atoms with Crippen molar-refractivity contribution in [1.29, 1.82) is 0 Å². The van der Waals surface area contributed by atoms with Crippen LogP contribution in [0.15, 0.2) is 23.1 Å². The van der Waals surface area contributed by atoms with Crippen LogP contribution in [-0.2, 0) is 9.59 Å². The third-order valence-electron chi connectivity index (χ3n) is 2.44. The summed E-state index contributed by atoms with van der Waals surface area (Å²) >= 11 is 0.630. The van der Waals surface area contributed by atoms with Crippen molar-refractivity contribution in [2.24, 2.45) is 0 Å². The van der Waals surface area contributed by atoms with Gasteiger partial charge in [0.05, 0.1) is 9.85 Å². The number of nitrogens with one attached hydrogen (secondary N) is 1. The Bertz CT molecular complexity index is 602. The van der Waals surface area contributed by atoms with Gasteiger partial charge in [-0.05, 0) is 6.07 Å². The number of carboxylic acid groups (broad SMARTS) is 1. The number of benzene rings is 1. The Hall–Kier alpha value is -2.69. The molecular formula is C11H11N3O7S. The topological polar surface area (TPSA) is 153 Å². The average Bonchev–Trinajstić information content (AvgIpc) is 2.41. The van der Waals surface area contributed by atoms with Crippen LogP contribution in [0.4, 0.5) is 11.4 Å². The van der Waals surface area contributed by atoms with Crippen LogP contribution < -0.4 is 5.32 Å². The van der Waals surface area contributed by atoms with Crippen molar-refractivity contribution in [3.63, 3.8) is 0 Å². The van der Waals surface area contributed by atoms with Crippen LogP contribution in [-0.4, -0.2) is 38.6 Å². The van der Waals surface area contributed by atoms with E-state index in [2.05, 4.69) is 5.32 Å². The minimum Gasteiger partial charge on any atom is -0.480 e. The first-order valence-electron chi connectivity index (χ1n) is 5.78. The first-order valence-corrected chi connectivity index (χ1v) is 6.77. The van der Waals surface area contributed by atoms with E-state index in [0.29, 0.717) is 11.8 Å². The van der Waals surface area contributed by atoms with Crippen molar-refractivity contribution in [1.82, 2.24) is 5.32 Å². The van der Waals surface area contributed by atoms with Gasteiger partial charge in [-0.3, -0.25) is 25.0 Å². The summed E-state index contributed by atoms with van der Waals surface area (Å²) in [4.78, 5) is 42.0. The number of rotatable bonds is 7. The van der Waals surface area contributed by atoms with Crippen molar-refractivity contribution in [3.05, 3.63) is 38.4 Å². The number of nitrogens with zero attached hydrogens (tertiary/aromatic N) is 2. The van der Waals surface area contributed by atoms with Crippen LogP contribution >= 0.6 is 11.8 Å². The number of hydrogen-bond acceptors (Lipinski definition) is 7. The number of nitro groups is 2. The van der Waals surface area contributed by atoms with Gasteiger partial charge >= 0.3 is 5.97 Å². The van der Waals surface area contributed by atoms with Crippen LogP contribution in [0.1, 0.15) is 6.92 Å². The highest BCUT2D eigenvalue weighted by atomic mass is 32.2. The fraction of sp³-hybridized carbons (Fsp3) is 0.273. The molecule has 118 valence electrons. The molecule has 0 aliphatic heterocycles. The zero-order chi connectivity index (χ0) is 16.9. The molecule has 11 heteroatoms. The molecule has 1 amide bonds. The quantitative estimate of drug-likeness (QED) is 0.429. The Morgan fingerprint density at radius 1 is 1.27 bits per heavy atom. The van der Waals surface area contributed by atoms with Gasteiger partial charge in [-0.15, -0.1) is 11.8 Å². The highest BCUT2D eigenvalue weighted by Crippen LogP contribution is 2.37. The number of hydrogen-bond donors (Lipinski definition) is 2. The number of amides is 1. The highest BCUT2D eigenvalue weighted by Gasteiger charge is 2.27. The van der Waals surface area contributed by atoms with Crippen molar-refractivity contribution in [2.75, 3.05) is 5.75 Å². The lowest BCUT2D eigenvalue weighted by atomic mass is 10.3. The van der Waals surface area contributed by atoms with E-state index in [4.69, 9.17) is 5.11 Å². The van der Waals surface area contributed by atoms with Gasteiger partial charge in [-0.25, -0.2) is 4.79 Å². The van der Waals surface area contributed by atoms with Crippen molar-refractivity contribution >= 4 is 35.0 Å². The molecule has 2 N–H and O–H groups in total. The number of carboxylic acids is 1. The Morgan fingerprint density at radius 2 is 1.77 bits per heavy atom. The van der Waals surface area contributed by atoms with Crippen molar-refractivity contribution < 1.29 is 24.5 Å². The molecule has 0 bridgehead atoms. The van der Waals surface area contributed by atoms with E-state index in [-0.39, 0.29) is 10.6 Å². The van der Waals surface area contributed by atoms with Crippen LogP contribution in [0.2, 0.25) is 0 Å².